The van der Waals surface area contributed by atoms with Gasteiger partial charge in [0.1, 0.15) is 6.10 Å². The Morgan fingerprint density at radius 2 is 1.75 bits per heavy atom. The highest BCUT2D eigenvalue weighted by Gasteiger charge is 2.40. The Kier molecular flexibility index (Phi) is 4.33. The maximum Gasteiger partial charge on any atom is 0.306 e. The van der Waals surface area contributed by atoms with Crippen LogP contribution in [-0.2, 0) is 9.53 Å². The summed E-state index contributed by atoms with van der Waals surface area (Å²) in [5.74, 6) is -0.0361. The van der Waals surface area contributed by atoms with Crippen LogP contribution in [0.2, 0.25) is 0 Å². The van der Waals surface area contributed by atoms with Gasteiger partial charge in [0.25, 0.3) is 0 Å². The molecule has 1 rings (SSSR count). The Bertz CT molecular complexity index is 243. The summed E-state index contributed by atoms with van der Waals surface area (Å²) in [5, 5.41) is 0. The fraction of sp³-hybridized carbons (Fsp3) is 0.923. The standard InChI is InChI=1S/C13H24O2S/c1-6-7-11(14)15-10-8-12(2,3)16-13(4,5)9-10/h10H,6-9H2,1-5H3. The third-order valence-corrected chi connectivity index (χ3v) is 4.18. The monoisotopic (exact) mass is 244 g/mol. The van der Waals surface area contributed by atoms with Crippen molar-refractivity contribution in [2.24, 2.45) is 0 Å². The largest absolute Gasteiger partial charge is 0.462 e. The first kappa shape index (κ1) is 13.9. The smallest absolute Gasteiger partial charge is 0.306 e. The molecule has 0 radical (unpaired) electrons. The van der Waals surface area contributed by atoms with Crippen LogP contribution in [0.25, 0.3) is 0 Å². The SMILES string of the molecule is CCCC(=O)OC1CC(C)(C)SC(C)(C)C1. The first-order valence-corrected chi connectivity index (χ1v) is 6.95. The van der Waals surface area contributed by atoms with E-state index in [0.29, 0.717) is 6.42 Å². The minimum absolute atomic E-state index is 0.0361. The van der Waals surface area contributed by atoms with E-state index in [-0.39, 0.29) is 21.6 Å². The lowest BCUT2D eigenvalue weighted by Gasteiger charge is -2.43. The van der Waals surface area contributed by atoms with Gasteiger partial charge in [0, 0.05) is 15.9 Å². The quantitative estimate of drug-likeness (QED) is 0.707. The number of esters is 1. The van der Waals surface area contributed by atoms with Crippen LogP contribution >= 0.6 is 11.8 Å². The van der Waals surface area contributed by atoms with Gasteiger partial charge < -0.3 is 4.74 Å². The highest BCUT2D eigenvalue weighted by molar-refractivity contribution is 8.01. The van der Waals surface area contributed by atoms with Crippen molar-refractivity contribution in [2.45, 2.75) is 75.9 Å². The number of carbonyl (C=O) groups excluding carboxylic acids is 1. The average Bonchev–Trinajstić information content (AvgIpc) is 1.96. The second kappa shape index (κ2) is 4.99. The van der Waals surface area contributed by atoms with Gasteiger partial charge in [0.2, 0.25) is 0 Å². The van der Waals surface area contributed by atoms with Crippen LogP contribution in [0.15, 0.2) is 0 Å². The number of carbonyl (C=O) groups is 1. The molecule has 2 nitrogen and oxygen atoms in total. The highest BCUT2D eigenvalue weighted by Crippen LogP contribution is 2.47. The van der Waals surface area contributed by atoms with Crippen LogP contribution in [0.5, 0.6) is 0 Å². The molecule has 0 atom stereocenters. The van der Waals surface area contributed by atoms with E-state index in [1.165, 1.54) is 0 Å². The lowest BCUT2D eigenvalue weighted by atomic mass is 9.95. The van der Waals surface area contributed by atoms with E-state index in [0.717, 1.165) is 19.3 Å². The zero-order chi connectivity index (χ0) is 12.4. The molecule has 0 aromatic carbocycles. The zero-order valence-corrected chi connectivity index (χ0v) is 11.9. The van der Waals surface area contributed by atoms with Gasteiger partial charge in [-0.2, -0.15) is 0 Å². The Labute approximate surface area is 104 Å². The third kappa shape index (κ3) is 4.36. The molecule has 1 aliphatic rings. The molecule has 1 saturated heterocycles. The van der Waals surface area contributed by atoms with E-state index in [1.54, 1.807) is 0 Å². The topological polar surface area (TPSA) is 26.3 Å². The molecule has 1 heterocycles. The van der Waals surface area contributed by atoms with Gasteiger partial charge in [-0.05, 0) is 19.3 Å². The Hall–Kier alpha value is -0.180. The first-order chi connectivity index (χ1) is 7.24. The number of hydrogen-bond acceptors (Lipinski definition) is 3. The molecule has 0 aromatic rings. The van der Waals surface area contributed by atoms with Crippen molar-refractivity contribution in [3.63, 3.8) is 0 Å². The number of rotatable bonds is 3. The lowest BCUT2D eigenvalue weighted by molar-refractivity contribution is -0.150. The van der Waals surface area contributed by atoms with Crippen LogP contribution in [0.4, 0.5) is 0 Å². The van der Waals surface area contributed by atoms with Crippen LogP contribution in [0.1, 0.15) is 60.3 Å². The number of hydrogen-bond donors (Lipinski definition) is 0. The number of thioether (sulfide) groups is 1. The van der Waals surface area contributed by atoms with Crippen LogP contribution in [0, 0.1) is 0 Å². The predicted octanol–water partition coefficient (Wildman–Crippen LogP) is 3.78. The molecule has 3 heteroatoms. The van der Waals surface area contributed by atoms with Gasteiger partial charge in [0.15, 0.2) is 0 Å². The van der Waals surface area contributed by atoms with Gasteiger partial charge in [0.05, 0.1) is 0 Å². The fourth-order valence-corrected chi connectivity index (χ4v) is 4.57. The number of ether oxygens (including phenoxy) is 1. The van der Waals surface area contributed by atoms with Crippen molar-refractivity contribution in [3.8, 4) is 0 Å². The zero-order valence-electron chi connectivity index (χ0n) is 11.1. The highest BCUT2D eigenvalue weighted by atomic mass is 32.2. The van der Waals surface area contributed by atoms with Crippen LogP contribution in [-0.4, -0.2) is 21.6 Å². The Morgan fingerprint density at radius 1 is 1.25 bits per heavy atom. The summed E-state index contributed by atoms with van der Waals surface area (Å²) >= 11 is 2.00. The van der Waals surface area contributed by atoms with Crippen molar-refractivity contribution in [2.75, 3.05) is 0 Å². The summed E-state index contributed by atoms with van der Waals surface area (Å²) in [7, 11) is 0. The normalized spacial score (nSPS) is 24.1. The van der Waals surface area contributed by atoms with E-state index in [1.807, 2.05) is 18.7 Å². The van der Waals surface area contributed by atoms with E-state index >= 15 is 0 Å². The molecule has 0 N–H and O–H groups in total. The van der Waals surface area contributed by atoms with Crippen molar-refractivity contribution < 1.29 is 9.53 Å². The molecule has 0 bridgehead atoms. The molecule has 0 amide bonds. The van der Waals surface area contributed by atoms with Gasteiger partial charge in [-0.15, -0.1) is 11.8 Å². The summed E-state index contributed by atoms with van der Waals surface area (Å²) < 4.78 is 5.97. The van der Waals surface area contributed by atoms with Crippen molar-refractivity contribution in [1.29, 1.82) is 0 Å². The minimum Gasteiger partial charge on any atom is -0.462 e. The summed E-state index contributed by atoms with van der Waals surface area (Å²) in [6, 6.07) is 0. The van der Waals surface area contributed by atoms with Crippen molar-refractivity contribution >= 4 is 17.7 Å². The van der Waals surface area contributed by atoms with Crippen LogP contribution < -0.4 is 0 Å². The van der Waals surface area contributed by atoms with Gasteiger partial charge in [-0.25, -0.2) is 0 Å². The molecule has 1 fully saturated rings. The summed E-state index contributed by atoms with van der Waals surface area (Å²) in [6.07, 6.45) is 3.45. The maximum atomic E-state index is 11.5. The molecule has 16 heavy (non-hydrogen) atoms. The van der Waals surface area contributed by atoms with Gasteiger partial charge >= 0.3 is 5.97 Å². The molecule has 0 aliphatic carbocycles. The summed E-state index contributed by atoms with van der Waals surface area (Å²) in [5.41, 5.74) is 0. The molecule has 1 aliphatic heterocycles. The van der Waals surface area contributed by atoms with Crippen LogP contribution in [0.3, 0.4) is 0 Å². The summed E-state index contributed by atoms with van der Waals surface area (Å²) in [4.78, 5) is 11.5. The average molecular weight is 244 g/mol. The van der Waals surface area contributed by atoms with Crippen molar-refractivity contribution in [1.82, 2.24) is 0 Å². The van der Waals surface area contributed by atoms with Crippen molar-refractivity contribution in [3.05, 3.63) is 0 Å². The molecular formula is C13H24O2S. The Balaban J connectivity index is 2.57. The first-order valence-electron chi connectivity index (χ1n) is 6.14. The van der Waals surface area contributed by atoms with E-state index < -0.39 is 0 Å². The lowest BCUT2D eigenvalue weighted by Crippen LogP contribution is -2.41. The predicted molar refractivity (Wildman–Crippen MR) is 69.8 cm³/mol. The minimum atomic E-state index is -0.0361. The second-order valence-corrected chi connectivity index (χ2v) is 8.31. The van der Waals surface area contributed by atoms with Gasteiger partial charge in [-0.3, -0.25) is 4.79 Å². The van der Waals surface area contributed by atoms with E-state index in [2.05, 4.69) is 27.7 Å². The van der Waals surface area contributed by atoms with E-state index in [9.17, 15) is 4.79 Å². The Morgan fingerprint density at radius 3 is 2.19 bits per heavy atom. The maximum absolute atomic E-state index is 11.5. The molecule has 0 aromatic heterocycles. The fourth-order valence-electron chi connectivity index (χ4n) is 2.53. The second-order valence-electron chi connectivity index (χ2n) is 5.89. The molecule has 0 unspecified atom stereocenters. The van der Waals surface area contributed by atoms with E-state index in [4.69, 9.17) is 4.74 Å². The summed E-state index contributed by atoms with van der Waals surface area (Å²) in [6.45, 7) is 10.9. The third-order valence-electron chi connectivity index (χ3n) is 2.74. The molecule has 0 spiro atoms. The molecule has 0 saturated carbocycles. The van der Waals surface area contributed by atoms with Gasteiger partial charge in [-0.1, -0.05) is 34.6 Å². The molecule has 94 valence electrons. The molecular weight excluding hydrogens is 220 g/mol.